The maximum atomic E-state index is 12.0. The number of nitrogens with one attached hydrogen (secondary N) is 1. The normalized spacial score (nSPS) is 11.3. The van der Waals surface area contributed by atoms with Crippen molar-refractivity contribution in [3.8, 4) is 5.75 Å². The second-order valence-corrected chi connectivity index (χ2v) is 4.69. The van der Waals surface area contributed by atoms with Gasteiger partial charge in [0.2, 0.25) is 5.78 Å². The molecule has 0 fully saturated rings. The van der Waals surface area contributed by atoms with Crippen LogP contribution in [-0.2, 0) is 0 Å². The van der Waals surface area contributed by atoms with Crippen molar-refractivity contribution in [2.75, 3.05) is 11.9 Å². The first kappa shape index (κ1) is 14.9. The van der Waals surface area contributed by atoms with Gasteiger partial charge in [0.1, 0.15) is 11.5 Å². The van der Waals surface area contributed by atoms with E-state index in [0.29, 0.717) is 12.4 Å². The van der Waals surface area contributed by atoms with Crippen molar-refractivity contribution in [3.63, 3.8) is 0 Å². The average molecular weight is 285 g/mol. The van der Waals surface area contributed by atoms with E-state index in [4.69, 9.17) is 9.15 Å². The summed E-state index contributed by atoms with van der Waals surface area (Å²) in [4.78, 5) is 12.0. The molecule has 0 amide bonds. The number of aryl methyl sites for hydroxylation is 1. The van der Waals surface area contributed by atoms with Gasteiger partial charge in [-0.15, -0.1) is 0 Å². The van der Waals surface area contributed by atoms with Crippen LogP contribution in [0.2, 0.25) is 0 Å². The summed E-state index contributed by atoms with van der Waals surface area (Å²) in [6.45, 7) is 6.20. The quantitative estimate of drug-likeness (QED) is 0.639. The smallest absolute Gasteiger partial charge is 0.222 e. The predicted molar refractivity (Wildman–Crippen MR) is 82.8 cm³/mol. The van der Waals surface area contributed by atoms with E-state index in [1.54, 1.807) is 12.1 Å². The Balaban J connectivity index is 2.06. The molecule has 0 radical (unpaired) electrons. The van der Waals surface area contributed by atoms with Crippen molar-refractivity contribution in [3.05, 3.63) is 59.7 Å². The second kappa shape index (κ2) is 6.79. The molecule has 0 aliphatic rings. The second-order valence-electron chi connectivity index (χ2n) is 4.69. The summed E-state index contributed by atoms with van der Waals surface area (Å²) in [5.41, 5.74) is 1.61. The summed E-state index contributed by atoms with van der Waals surface area (Å²) < 4.78 is 10.7. The van der Waals surface area contributed by atoms with Crippen LogP contribution in [0.5, 0.6) is 5.75 Å². The molecule has 2 rings (SSSR count). The van der Waals surface area contributed by atoms with E-state index in [0.717, 1.165) is 22.9 Å². The van der Waals surface area contributed by atoms with Crippen molar-refractivity contribution < 1.29 is 13.9 Å². The zero-order chi connectivity index (χ0) is 15.2. The van der Waals surface area contributed by atoms with E-state index < -0.39 is 0 Å². The highest BCUT2D eigenvalue weighted by atomic mass is 16.5. The lowest BCUT2D eigenvalue weighted by molar-refractivity contribution is 0.102. The van der Waals surface area contributed by atoms with Crippen molar-refractivity contribution in [1.29, 1.82) is 0 Å². The van der Waals surface area contributed by atoms with Gasteiger partial charge < -0.3 is 14.5 Å². The van der Waals surface area contributed by atoms with Crippen LogP contribution in [0.4, 0.5) is 5.69 Å². The number of carbonyl (C=O) groups is 1. The summed E-state index contributed by atoms with van der Waals surface area (Å²) in [5, 5.41) is 3.17. The predicted octanol–water partition coefficient (Wildman–Crippen LogP) is 4.19. The van der Waals surface area contributed by atoms with Gasteiger partial charge in [-0.3, -0.25) is 4.79 Å². The first-order chi connectivity index (χ1) is 10.1. The number of allylic oxidation sites excluding steroid dienone is 2. The molecule has 0 unspecified atom stereocenters. The van der Waals surface area contributed by atoms with E-state index in [2.05, 4.69) is 5.32 Å². The fraction of sp³-hybridized carbons (Fsp3) is 0.235. The highest BCUT2D eigenvalue weighted by Crippen LogP contribution is 2.19. The van der Waals surface area contributed by atoms with Crippen molar-refractivity contribution in [1.82, 2.24) is 0 Å². The van der Waals surface area contributed by atoms with Gasteiger partial charge >= 0.3 is 0 Å². The first-order valence-electron chi connectivity index (χ1n) is 6.87. The Morgan fingerprint density at radius 3 is 2.81 bits per heavy atom. The number of rotatable bonds is 6. The Bertz CT molecular complexity index is 656. The molecule has 1 N–H and O–H groups in total. The molecule has 2 aromatic rings. The van der Waals surface area contributed by atoms with Crippen molar-refractivity contribution in [2.24, 2.45) is 0 Å². The van der Waals surface area contributed by atoms with Crippen molar-refractivity contribution in [2.45, 2.75) is 20.8 Å². The largest absolute Gasteiger partial charge is 0.494 e. The molecule has 0 saturated carbocycles. The SMILES string of the molecule is CCOc1cccc(N/C(C)=C/C(=O)c2ccc(C)o2)c1. The van der Waals surface area contributed by atoms with Crippen LogP contribution in [0.3, 0.4) is 0 Å². The number of ketones is 1. The topological polar surface area (TPSA) is 51.5 Å². The molecule has 0 aliphatic heterocycles. The highest BCUT2D eigenvalue weighted by molar-refractivity contribution is 6.03. The fourth-order valence-corrected chi connectivity index (χ4v) is 1.93. The minimum atomic E-state index is -0.158. The van der Waals surface area contributed by atoms with Gasteiger partial charge in [-0.2, -0.15) is 0 Å². The third-order valence-corrected chi connectivity index (χ3v) is 2.82. The Morgan fingerprint density at radius 1 is 1.33 bits per heavy atom. The molecule has 0 saturated heterocycles. The van der Waals surface area contributed by atoms with Crippen LogP contribution >= 0.6 is 0 Å². The Kier molecular flexibility index (Phi) is 4.82. The molecule has 4 heteroatoms. The monoisotopic (exact) mass is 285 g/mol. The zero-order valence-electron chi connectivity index (χ0n) is 12.5. The Labute approximate surface area is 124 Å². The first-order valence-corrected chi connectivity index (χ1v) is 6.87. The van der Waals surface area contributed by atoms with Crippen LogP contribution in [0.15, 0.2) is 52.6 Å². The van der Waals surface area contributed by atoms with Crippen LogP contribution in [0.1, 0.15) is 30.2 Å². The summed E-state index contributed by atoms with van der Waals surface area (Å²) in [7, 11) is 0. The van der Waals surface area contributed by atoms with Crippen LogP contribution < -0.4 is 10.1 Å². The lowest BCUT2D eigenvalue weighted by Gasteiger charge is -2.08. The molecule has 0 bridgehead atoms. The van der Waals surface area contributed by atoms with Gasteiger partial charge in [-0.05, 0) is 45.0 Å². The average Bonchev–Trinajstić information content (AvgIpc) is 2.86. The standard InChI is InChI=1S/C17H19NO3/c1-4-20-15-7-5-6-14(11-15)18-12(2)10-16(19)17-9-8-13(3)21-17/h5-11,18H,4H2,1-3H3/b12-10+. The molecule has 1 aromatic heterocycles. The molecule has 1 heterocycles. The van der Waals surface area contributed by atoms with E-state index in [1.165, 1.54) is 6.08 Å². The maximum Gasteiger partial charge on any atom is 0.222 e. The molecular weight excluding hydrogens is 266 g/mol. The number of furan rings is 1. The van der Waals surface area contributed by atoms with E-state index in [9.17, 15) is 4.79 Å². The summed E-state index contributed by atoms with van der Waals surface area (Å²) >= 11 is 0. The van der Waals surface area contributed by atoms with Crippen molar-refractivity contribution >= 4 is 11.5 Å². The number of ether oxygens (including phenoxy) is 1. The van der Waals surface area contributed by atoms with Gasteiger partial charge in [0.15, 0.2) is 5.76 Å². The van der Waals surface area contributed by atoms with E-state index in [1.807, 2.05) is 45.0 Å². The Hall–Kier alpha value is -2.49. The molecular formula is C17H19NO3. The third kappa shape index (κ3) is 4.24. The van der Waals surface area contributed by atoms with E-state index >= 15 is 0 Å². The molecule has 0 spiro atoms. The van der Waals surface area contributed by atoms with Gasteiger partial charge in [-0.1, -0.05) is 6.07 Å². The molecule has 0 atom stereocenters. The molecule has 1 aromatic carbocycles. The van der Waals surface area contributed by atoms with Gasteiger partial charge in [-0.25, -0.2) is 0 Å². The lowest BCUT2D eigenvalue weighted by atomic mass is 10.2. The third-order valence-electron chi connectivity index (χ3n) is 2.82. The minimum absolute atomic E-state index is 0.158. The molecule has 0 aliphatic carbocycles. The zero-order valence-corrected chi connectivity index (χ0v) is 12.5. The van der Waals surface area contributed by atoms with Gasteiger partial charge in [0.25, 0.3) is 0 Å². The van der Waals surface area contributed by atoms with Gasteiger partial charge in [0.05, 0.1) is 6.61 Å². The van der Waals surface area contributed by atoms with Gasteiger partial charge in [0, 0.05) is 23.5 Å². The number of hydrogen-bond donors (Lipinski definition) is 1. The van der Waals surface area contributed by atoms with E-state index in [-0.39, 0.29) is 5.78 Å². The van der Waals surface area contributed by atoms with Crippen LogP contribution in [-0.4, -0.2) is 12.4 Å². The summed E-state index contributed by atoms with van der Waals surface area (Å²) in [6, 6.07) is 11.1. The Morgan fingerprint density at radius 2 is 2.14 bits per heavy atom. The number of anilines is 1. The number of carbonyl (C=O) groups excluding carboxylic acids is 1. The summed E-state index contributed by atoms with van der Waals surface area (Å²) in [5.74, 6) is 1.70. The summed E-state index contributed by atoms with van der Waals surface area (Å²) in [6.07, 6.45) is 1.52. The van der Waals surface area contributed by atoms with Crippen LogP contribution in [0.25, 0.3) is 0 Å². The molecule has 110 valence electrons. The molecule has 4 nitrogen and oxygen atoms in total. The maximum absolute atomic E-state index is 12.0. The lowest BCUT2D eigenvalue weighted by Crippen LogP contribution is -2.01. The van der Waals surface area contributed by atoms with Crippen LogP contribution in [0, 0.1) is 6.92 Å². The number of hydrogen-bond acceptors (Lipinski definition) is 4. The fourth-order valence-electron chi connectivity index (χ4n) is 1.93. The molecule has 21 heavy (non-hydrogen) atoms. The highest BCUT2D eigenvalue weighted by Gasteiger charge is 2.07. The minimum Gasteiger partial charge on any atom is -0.494 e. The number of benzene rings is 1.